The smallest absolute Gasteiger partial charge is 0.166 e. The SMILES string of the molecule is C=CC1=CC[C@H]2C(=O)C=C(C)C(=O)[C@@]2(C)[C@H]1c1cc(Cl)ccc1O. The standard InChI is InChI=1S/C20H19ClO3/c1-4-12-5-7-15-17(23)9-11(2)19(24)20(15,3)18(12)14-10-13(21)6-8-16(14)22/h4-6,8-10,15,18,22H,1,7H2,2-3H3/t15-,18+,20+/m0/s1. The first kappa shape index (κ1) is 16.7. The number of aromatic hydroxyl groups is 1. The number of hydrogen-bond donors (Lipinski definition) is 1. The topological polar surface area (TPSA) is 54.4 Å². The van der Waals surface area contributed by atoms with Crippen LogP contribution in [0.4, 0.5) is 0 Å². The van der Waals surface area contributed by atoms with E-state index in [4.69, 9.17) is 11.6 Å². The van der Waals surface area contributed by atoms with Crippen molar-refractivity contribution >= 4 is 23.2 Å². The fraction of sp³-hybridized carbons (Fsp3) is 0.300. The largest absolute Gasteiger partial charge is 0.508 e. The minimum atomic E-state index is -0.962. The fourth-order valence-electron chi connectivity index (χ4n) is 4.13. The molecule has 1 N–H and O–H groups in total. The molecule has 0 saturated heterocycles. The average molecular weight is 343 g/mol. The second-order valence-electron chi connectivity index (χ2n) is 6.67. The van der Waals surface area contributed by atoms with E-state index in [-0.39, 0.29) is 17.3 Å². The first-order chi connectivity index (χ1) is 11.3. The van der Waals surface area contributed by atoms with Gasteiger partial charge in [-0.15, -0.1) is 0 Å². The number of hydrogen-bond acceptors (Lipinski definition) is 3. The summed E-state index contributed by atoms with van der Waals surface area (Å²) < 4.78 is 0. The van der Waals surface area contributed by atoms with E-state index in [1.54, 1.807) is 25.1 Å². The molecule has 0 aromatic heterocycles. The second-order valence-corrected chi connectivity index (χ2v) is 7.11. The number of benzene rings is 1. The van der Waals surface area contributed by atoms with Crippen LogP contribution in [0.1, 0.15) is 31.7 Å². The van der Waals surface area contributed by atoms with Crippen LogP contribution in [0, 0.1) is 11.3 Å². The summed E-state index contributed by atoms with van der Waals surface area (Å²) in [5.41, 5.74) is 0.880. The van der Waals surface area contributed by atoms with Crippen LogP contribution in [0.15, 0.2) is 54.2 Å². The number of carbonyl (C=O) groups excluding carboxylic acids is 2. The van der Waals surface area contributed by atoms with Crippen LogP contribution in [0.5, 0.6) is 5.75 Å². The molecular formula is C20H19ClO3. The number of fused-ring (bicyclic) bond motifs is 1. The van der Waals surface area contributed by atoms with E-state index < -0.39 is 17.3 Å². The van der Waals surface area contributed by atoms with E-state index >= 15 is 0 Å². The predicted octanol–water partition coefficient (Wildman–Crippen LogP) is 4.37. The van der Waals surface area contributed by atoms with Crippen LogP contribution >= 0.6 is 11.6 Å². The maximum absolute atomic E-state index is 13.1. The number of phenols is 1. The zero-order chi connectivity index (χ0) is 17.6. The molecule has 0 heterocycles. The van der Waals surface area contributed by atoms with Crippen LogP contribution in [-0.4, -0.2) is 16.7 Å². The highest BCUT2D eigenvalue weighted by Crippen LogP contribution is 2.56. The van der Waals surface area contributed by atoms with Crippen molar-refractivity contribution in [2.24, 2.45) is 11.3 Å². The lowest BCUT2D eigenvalue weighted by molar-refractivity contribution is -0.137. The van der Waals surface area contributed by atoms with Gasteiger partial charge in [0.05, 0.1) is 5.41 Å². The highest BCUT2D eigenvalue weighted by molar-refractivity contribution is 6.30. The van der Waals surface area contributed by atoms with Crippen molar-refractivity contribution in [1.29, 1.82) is 0 Å². The number of carbonyl (C=O) groups is 2. The van der Waals surface area contributed by atoms with Crippen molar-refractivity contribution in [3.63, 3.8) is 0 Å². The van der Waals surface area contributed by atoms with Crippen LogP contribution in [-0.2, 0) is 9.59 Å². The van der Waals surface area contributed by atoms with Gasteiger partial charge in [0, 0.05) is 22.4 Å². The zero-order valence-corrected chi connectivity index (χ0v) is 14.4. The Balaban J connectivity index is 2.29. The molecule has 0 saturated carbocycles. The van der Waals surface area contributed by atoms with E-state index in [2.05, 4.69) is 6.58 Å². The van der Waals surface area contributed by atoms with Crippen molar-refractivity contribution in [2.45, 2.75) is 26.2 Å². The van der Waals surface area contributed by atoms with Gasteiger partial charge in [0.2, 0.25) is 0 Å². The molecule has 2 aliphatic carbocycles. The third-order valence-corrected chi connectivity index (χ3v) is 5.57. The summed E-state index contributed by atoms with van der Waals surface area (Å²) in [5, 5.41) is 10.9. The van der Waals surface area contributed by atoms with Gasteiger partial charge < -0.3 is 5.11 Å². The van der Waals surface area contributed by atoms with Gasteiger partial charge in [-0.3, -0.25) is 9.59 Å². The third kappa shape index (κ3) is 2.27. The van der Waals surface area contributed by atoms with Crippen molar-refractivity contribution in [1.82, 2.24) is 0 Å². The number of halogens is 1. The number of phenolic OH excluding ortho intramolecular Hbond substituents is 1. The Morgan fingerprint density at radius 1 is 1.38 bits per heavy atom. The summed E-state index contributed by atoms with van der Waals surface area (Å²) in [6.07, 6.45) is 5.56. The molecule has 0 amide bonds. The molecule has 3 rings (SSSR count). The Kier molecular flexibility index (Phi) is 4.00. The lowest BCUT2D eigenvalue weighted by atomic mass is 9.53. The molecular weight excluding hydrogens is 324 g/mol. The molecule has 0 bridgehead atoms. The molecule has 3 nitrogen and oxygen atoms in total. The molecule has 0 fully saturated rings. The summed E-state index contributed by atoms with van der Waals surface area (Å²) in [7, 11) is 0. The van der Waals surface area contributed by atoms with E-state index in [0.29, 0.717) is 22.6 Å². The first-order valence-corrected chi connectivity index (χ1v) is 8.26. The van der Waals surface area contributed by atoms with Crippen LogP contribution in [0.2, 0.25) is 5.02 Å². The third-order valence-electron chi connectivity index (χ3n) is 5.33. The summed E-state index contributed by atoms with van der Waals surface area (Å²) in [6, 6.07) is 4.78. The Bertz CT molecular complexity index is 818. The highest BCUT2D eigenvalue weighted by Gasteiger charge is 2.55. The minimum Gasteiger partial charge on any atom is -0.508 e. The molecule has 1 aromatic rings. The van der Waals surface area contributed by atoms with Gasteiger partial charge in [0.25, 0.3) is 0 Å². The quantitative estimate of drug-likeness (QED) is 0.868. The minimum absolute atomic E-state index is 0.0412. The monoisotopic (exact) mass is 342 g/mol. The summed E-state index contributed by atoms with van der Waals surface area (Å²) in [4.78, 5) is 25.6. The van der Waals surface area contributed by atoms with E-state index in [9.17, 15) is 14.7 Å². The van der Waals surface area contributed by atoms with Gasteiger partial charge in [-0.25, -0.2) is 0 Å². The molecule has 0 radical (unpaired) electrons. The maximum Gasteiger partial charge on any atom is 0.166 e. The molecule has 0 spiro atoms. The van der Waals surface area contributed by atoms with Crippen molar-refractivity contribution < 1.29 is 14.7 Å². The summed E-state index contributed by atoms with van der Waals surface area (Å²) >= 11 is 6.12. The molecule has 24 heavy (non-hydrogen) atoms. The molecule has 124 valence electrons. The molecule has 1 aromatic carbocycles. The van der Waals surface area contributed by atoms with Gasteiger partial charge >= 0.3 is 0 Å². The molecule has 3 atom stereocenters. The van der Waals surface area contributed by atoms with Crippen LogP contribution < -0.4 is 0 Å². The number of ketones is 2. The Labute approximate surface area is 146 Å². The van der Waals surface area contributed by atoms with Gasteiger partial charge in [-0.1, -0.05) is 37.3 Å². The Morgan fingerprint density at radius 2 is 2.08 bits per heavy atom. The Hall–Kier alpha value is -2.13. The van der Waals surface area contributed by atoms with Crippen molar-refractivity contribution in [3.8, 4) is 5.75 Å². The fourth-order valence-corrected chi connectivity index (χ4v) is 4.31. The van der Waals surface area contributed by atoms with Crippen LogP contribution in [0.25, 0.3) is 0 Å². The summed E-state index contributed by atoms with van der Waals surface area (Å²) in [5.74, 6) is -0.954. The van der Waals surface area contributed by atoms with Crippen molar-refractivity contribution in [3.05, 3.63) is 64.7 Å². The number of Topliss-reactive ketones (excluding diaryl/α,β-unsaturated/α-hetero) is 1. The predicted molar refractivity (Wildman–Crippen MR) is 94.1 cm³/mol. The summed E-state index contributed by atoms with van der Waals surface area (Å²) in [6.45, 7) is 7.33. The molecule has 2 aliphatic rings. The normalized spacial score (nSPS) is 29.6. The molecule has 0 aliphatic heterocycles. The van der Waals surface area contributed by atoms with Gasteiger partial charge in [0.15, 0.2) is 11.6 Å². The van der Waals surface area contributed by atoms with Gasteiger partial charge in [-0.2, -0.15) is 0 Å². The lowest BCUT2D eigenvalue weighted by Crippen LogP contribution is -2.49. The van der Waals surface area contributed by atoms with E-state index in [1.807, 2.05) is 13.0 Å². The second kappa shape index (κ2) is 5.75. The number of allylic oxidation sites excluding steroid dienone is 5. The maximum atomic E-state index is 13.1. The van der Waals surface area contributed by atoms with Crippen molar-refractivity contribution in [2.75, 3.05) is 0 Å². The lowest BCUT2D eigenvalue weighted by Gasteiger charge is -2.47. The number of rotatable bonds is 2. The first-order valence-electron chi connectivity index (χ1n) is 7.88. The van der Waals surface area contributed by atoms with E-state index in [0.717, 1.165) is 5.57 Å². The molecule has 0 unspecified atom stereocenters. The van der Waals surface area contributed by atoms with Gasteiger partial charge in [0.1, 0.15) is 5.75 Å². The Morgan fingerprint density at radius 3 is 2.75 bits per heavy atom. The van der Waals surface area contributed by atoms with Gasteiger partial charge in [-0.05, 0) is 48.8 Å². The molecule has 4 heteroatoms. The highest BCUT2D eigenvalue weighted by atomic mass is 35.5. The zero-order valence-electron chi connectivity index (χ0n) is 13.7. The van der Waals surface area contributed by atoms with Crippen LogP contribution in [0.3, 0.4) is 0 Å². The van der Waals surface area contributed by atoms with E-state index in [1.165, 1.54) is 12.1 Å². The average Bonchev–Trinajstić information content (AvgIpc) is 2.54.